The molecule has 3 amide bonds. The average molecular weight is 331 g/mol. The van der Waals surface area contributed by atoms with Crippen molar-refractivity contribution in [2.45, 2.75) is 12.5 Å². The van der Waals surface area contributed by atoms with E-state index in [1.54, 1.807) is 21.9 Å². The number of fused-ring (bicyclic) bond motifs is 2. The van der Waals surface area contributed by atoms with Gasteiger partial charge in [-0.1, -0.05) is 6.07 Å². The third-order valence-electron chi connectivity index (χ3n) is 4.56. The lowest BCUT2D eigenvalue weighted by Crippen LogP contribution is -2.66. The molecule has 1 aromatic carbocycles. The summed E-state index contributed by atoms with van der Waals surface area (Å²) in [6.07, 6.45) is 0.221. The van der Waals surface area contributed by atoms with Crippen molar-refractivity contribution in [1.82, 2.24) is 15.1 Å². The first-order chi connectivity index (χ1) is 11.6. The van der Waals surface area contributed by atoms with Gasteiger partial charge in [0.15, 0.2) is 11.5 Å². The first-order valence-corrected chi connectivity index (χ1v) is 7.85. The highest BCUT2D eigenvalue weighted by Crippen LogP contribution is 2.32. The molecule has 8 heteroatoms. The zero-order chi connectivity index (χ0) is 16.7. The lowest BCUT2D eigenvalue weighted by molar-refractivity contribution is -0.152. The molecule has 4 rings (SSSR count). The molecular weight excluding hydrogens is 314 g/mol. The predicted molar refractivity (Wildman–Crippen MR) is 81.4 cm³/mol. The Hall–Kier alpha value is -2.77. The molecule has 3 heterocycles. The van der Waals surface area contributed by atoms with E-state index in [0.717, 1.165) is 5.56 Å². The first-order valence-electron chi connectivity index (χ1n) is 7.85. The van der Waals surface area contributed by atoms with Gasteiger partial charge in [0, 0.05) is 13.1 Å². The summed E-state index contributed by atoms with van der Waals surface area (Å²) in [5, 5.41) is 2.57. The normalized spacial score (nSPS) is 22.2. The Morgan fingerprint density at radius 3 is 2.92 bits per heavy atom. The standard InChI is InChI=1S/C16H17N3O5/c20-14(6-10-1-2-12-13(5-10)24-9-23-12)18-3-4-19-11(8-18)16(22)17-7-15(19)21/h1-2,5,11H,3-4,6-9H2,(H,17,22). The second-order valence-corrected chi connectivity index (χ2v) is 6.02. The Morgan fingerprint density at radius 1 is 1.21 bits per heavy atom. The van der Waals surface area contributed by atoms with Crippen LogP contribution in [0.4, 0.5) is 0 Å². The Bertz CT molecular complexity index is 720. The maximum atomic E-state index is 12.5. The third kappa shape index (κ3) is 2.53. The zero-order valence-electron chi connectivity index (χ0n) is 13.0. The Kier molecular flexibility index (Phi) is 3.51. The fourth-order valence-corrected chi connectivity index (χ4v) is 3.25. The lowest BCUT2D eigenvalue weighted by Gasteiger charge is -2.42. The summed E-state index contributed by atoms with van der Waals surface area (Å²) < 4.78 is 10.6. The van der Waals surface area contributed by atoms with Crippen LogP contribution in [0.15, 0.2) is 18.2 Å². The molecule has 2 saturated heterocycles. The van der Waals surface area contributed by atoms with Gasteiger partial charge in [-0.2, -0.15) is 0 Å². The van der Waals surface area contributed by atoms with Crippen LogP contribution in [-0.2, 0) is 20.8 Å². The SMILES string of the molecule is O=C1NCC(=O)N2CCN(C(=O)Cc3ccc4c(c3)OCO4)CC12. The molecule has 3 aliphatic rings. The fraction of sp³-hybridized carbons (Fsp3) is 0.438. The number of hydrogen-bond donors (Lipinski definition) is 1. The molecule has 0 bridgehead atoms. The molecule has 1 atom stereocenters. The van der Waals surface area contributed by atoms with Crippen molar-refractivity contribution in [3.05, 3.63) is 23.8 Å². The van der Waals surface area contributed by atoms with Crippen LogP contribution < -0.4 is 14.8 Å². The van der Waals surface area contributed by atoms with Crippen molar-refractivity contribution in [3.63, 3.8) is 0 Å². The maximum Gasteiger partial charge on any atom is 0.245 e. The van der Waals surface area contributed by atoms with Crippen LogP contribution in [0.25, 0.3) is 0 Å². The molecule has 3 aliphatic heterocycles. The number of rotatable bonds is 2. The van der Waals surface area contributed by atoms with Gasteiger partial charge < -0.3 is 24.6 Å². The highest BCUT2D eigenvalue weighted by Gasteiger charge is 2.39. The smallest absolute Gasteiger partial charge is 0.245 e. The second-order valence-electron chi connectivity index (χ2n) is 6.02. The minimum atomic E-state index is -0.583. The molecule has 126 valence electrons. The van der Waals surface area contributed by atoms with Gasteiger partial charge >= 0.3 is 0 Å². The van der Waals surface area contributed by atoms with Gasteiger partial charge in [-0.25, -0.2) is 0 Å². The Labute approximate surface area is 138 Å². The lowest BCUT2D eigenvalue weighted by atomic mass is 10.1. The van der Waals surface area contributed by atoms with Crippen LogP contribution in [0.2, 0.25) is 0 Å². The van der Waals surface area contributed by atoms with E-state index in [4.69, 9.17) is 9.47 Å². The minimum absolute atomic E-state index is 0.0421. The number of nitrogens with one attached hydrogen (secondary N) is 1. The Balaban J connectivity index is 1.43. The summed E-state index contributed by atoms with van der Waals surface area (Å²) in [5.74, 6) is 0.955. The number of ether oxygens (including phenoxy) is 2. The van der Waals surface area contributed by atoms with Gasteiger partial charge in [0.05, 0.1) is 19.5 Å². The largest absolute Gasteiger partial charge is 0.454 e. The number of hydrogen-bond acceptors (Lipinski definition) is 5. The van der Waals surface area contributed by atoms with Crippen molar-refractivity contribution in [3.8, 4) is 11.5 Å². The van der Waals surface area contributed by atoms with Gasteiger partial charge in [0.1, 0.15) is 6.04 Å². The molecule has 0 aliphatic carbocycles. The molecule has 0 aromatic heterocycles. The van der Waals surface area contributed by atoms with Gasteiger partial charge in [-0.3, -0.25) is 14.4 Å². The molecule has 0 spiro atoms. The van der Waals surface area contributed by atoms with E-state index < -0.39 is 6.04 Å². The van der Waals surface area contributed by atoms with Gasteiger partial charge in [0.25, 0.3) is 0 Å². The highest BCUT2D eigenvalue weighted by molar-refractivity contribution is 5.95. The number of piperazine rings is 2. The number of amides is 3. The van der Waals surface area contributed by atoms with Gasteiger partial charge in [-0.05, 0) is 17.7 Å². The summed E-state index contributed by atoms with van der Waals surface area (Å²) >= 11 is 0. The molecule has 0 radical (unpaired) electrons. The van der Waals surface area contributed by atoms with Crippen LogP contribution in [0.5, 0.6) is 11.5 Å². The summed E-state index contributed by atoms with van der Waals surface area (Å²) in [5.41, 5.74) is 0.829. The first kappa shape index (κ1) is 14.8. The van der Waals surface area contributed by atoms with Crippen molar-refractivity contribution < 1.29 is 23.9 Å². The van der Waals surface area contributed by atoms with Crippen molar-refractivity contribution in [2.75, 3.05) is 33.0 Å². The van der Waals surface area contributed by atoms with Crippen LogP contribution in [0, 0.1) is 0 Å². The van der Waals surface area contributed by atoms with Crippen LogP contribution in [0.1, 0.15) is 5.56 Å². The molecular formula is C16H17N3O5. The Morgan fingerprint density at radius 2 is 2.04 bits per heavy atom. The minimum Gasteiger partial charge on any atom is -0.454 e. The monoisotopic (exact) mass is 331 g/mol. The average Bonchev–Trinajstić information content (AvgIpc) is 3.05. The van der Waals surface area contributed by atoms with Crippen LogP contribution in [-0.4, -0.2) is 66.5 Å². The quantitative estimate of drug-likeness (QED) is 0.761. The topological polar surface area (TPSA) is 88.2 Å². The highest BCUT2D eigenvalue weighted by atomic mass is 16.7. The fourth-order valence-electron chi connectivity index (χ4n) is 3.25. The van der Waals surface area contributed by atoms with Crippen LogP contribution in [0.3, 0.4) is 0 Å². The van der Waals surface area contributed by atoms with Crippen molar-refractivity contribution in [1.29, 1.82) is 0 Å². The summed E-state index contributed by atoms with van der Waals surface area (Å²) in [6.45, 7) is 1.31. The summed E-state index contributed by atoms with van der Waals surface area (Å²) in [4.78, 5) is 39.5. The van der Waals surface area contributed by atoms with E-state index in [2.05, 4.69) is 5.32 Å². The second kappa shape index (κ2) is 5.70. The van der Waals surface area contributed by atoms with Crippen LogP contribution >= 0.6 is 0 Å². The van der Waals surface area contributed by atoms with E-state index in [9.17, 15) is 14.4 Å². The predicted octanol–water partition coefficient (Wildman–Crippen LogP) is -0.873. The number of carbonyl (C=O) groups is 3. The molecule has 1 unspecified atom stereocenters. The maximum absolute atomic E-state index is 12.5. The third-order valence-corrected chi connectivity index (χ3v) is 4.56. The van der Waals surface area contributed by atoms with Gasteiger partial charge in [0.2, 0.25) is 24.5 Å². The molecule has 2 fully saturated rings. The van der Waals surface area contributed by atoms with E-state index in [-0.39, 0.29) is 44.0 Å². The summed E-state index contributed by atoms with van der Waals surface area (Å²) in [6, 6.07) is 4.84. The van der Waals surface area contributed by atoms with E-state index in [0.29, 0.717) is 24.6 Å². The van der Waals surface area contributed by atoms with Gasteiger partial charge in [-0.15, -0.1) is 0 Å². The van der Waals surface area contributed by atoms with E-state index in [1.165, 1.54) is 0 Å². The molecule has 0 saturated carbocycles. The molecule has 8 nitrogen and oxygen atoms in total. The van der Waals surface area contributed by atoms with E-state index >= 15 is 0 Å². The summed E-state index contributed by atoms with van der Waals surface area (Å²) in [7, 11) is 0. The zero-order valence-corrected chi connectivity index (χ0v) is 13.0. The number of benzene rings is 1. The molecule has 1 N–H and O–H groups in total. The molecule has 24 heavy (non-hydrogen) atoms. The van der Waals surface area contributed by atoms with Crippen molar-refractivity contribution in [2.24, 2.45) is 0 Å². The van der Waals surface area contributed by atoms with E-state index in [1.807, 2.05) is 6.07 Å². The molecule has 1 aromatic rings. The number of nitrogens with zero attached hydrogens (tertiary/aromatic N) is 2. The number of carbonyl (C=O) groups excluding carboxylic acids is 3. The van der Waals surface area contributed by atoms with Crippen molar-refractivity contribution >= 4 is 17.7 Å².